The minimum absolute atomic E-state index is 0.296. The second-order valence-electron chi connectivity index (χ2n) is 4.91. The topological polar surface area (TPSA) is 80.5 Å². The molecule has 0 unspecified atom stereocenters. The number of nitrogens with zero attached hydrogens (tertiary/aromatic N) is 4. The van der Waals surface area contributed by atoms with E-state index in [0.717, 1.165) is 17.1 Å². The fourth-order valence-electron chi connectivity index (χ4n) is 1.85. The van der Waals surface area contributed by atoms with Crippen molar-refractivity contribution >= 4 is 0 Å². The molecule has 3 heterocycles. The summed E-state index contributed by atoms with van der Waals surface area (Å²) >= 11 is 0. The molecule has 0 saturated carbocycles. The van der Waals surface area contributed by atoms with E-state index in [2.05, 4.69) is 39.2 Å². The molecule has 0 aliphatic heterocycles. The molecule has 0 bridgehead atoms. The van der Waals surface area contributed by atoms with Crippen molar-refractivity contribution in [3.05, 3.63) is 47.7 Å². The molecule has 102 valence electrons. The van der Waals surface area contributed by atoms with Crippen LogP contribution in [0.4, 0.5) is 0 Å². The number of rotatable bonds is 4. The van der Waals surface area contributed by atoms with Crippen LogP contribution >= 0.6 is 0 Å². The molecule has 0 amide bonds. The van der Waals surface area contributed by atoms with Crippen LogP contribution in [-0.2, 0) is 6.42 Å². The average Bonchev–Trinajstić information content (AvgIpc) is 3.08. The second-order valence-corrected chi connectivity index (χ2v) is 4.91. The van der Waals surface area contributed by atoms with Gasteiger partial charge in [0.15, 0.2) is 5.69 Å². The van der Waals surface area contributed by atoms with E-state index >= 15 is 0 Å². The number of aromatic nitrogens is 5. The lowest BCUT2D eigenvalue weighted by Crippen LogP contribution is -1.91. The largest absolute Gasteiger partial charge is 0.360 e. The van der Waals surface area contributed by atoms with E-state index in [1.54, 1.807) is 6.20 Å². The Bertz CT molecular complexity index is 686. The van der Waals surface area contributed by atoms with Gasteiger partial charge in [-0.15, -0.1) is 0 Å². The first-order chi connectivity index (χ1) is 9.72. The van der Waals surface area contributed by atoms with Crippen molar-refractivity contribution in [1.29, 1.82) is 0 Å². The zero-order chi connectivity index (χ0) is 13.9. The van der Waals surface area contributed by atoms with Gasteiger partial charge in [-0.05, 0) is 11.6 Å². The Hall–Kier alpha value is -2.50. The Morgan fingerprint density at radius 3 is 2.95 bits per heavy atom. The summed E-state index contributed by atoms with van der Waals surface area (Å²) in [6.45, 7) is 4.10. The van der Waals surface area contributed by atoms with Crippen molar-refractivity contribution in [2.24, 2.45) is 0 Å². The van der Waals surface area contributed by atoms with E-state index in [1.165, 1.54) is 0 Å². The summed E-state index contributed by atoms with van der Waals surface area (Å²) in [7, 11) is 0. The fraction of sp³-hybridized carbons (Fsp3) is 0.286. The van der Waals surface area contributed by atoms with E-state index in [9.17, 15) is 0 Å². The summed E-state index contributed by atoms with van der Waals surface area (Å²) < 4.78 is 5.25. The van der Waals surface area contributed by atoms with Crippen molar-refractivity contribution in [2.45, 2.75) is 26.2 Å². The highest BCUT2D eigenvalue weighted by Gasteiger charge is 2.13. The summed E-state index contributed by atoms with van der Waals surface area (Å²) in [5.41, 5.74) is 1.74. The maximum absolute atomic E-state index is 5.25. The van der Waals surface area contributed by atoms with Crippen molar-refractivity contribution in [1.82, 2.24) is 25.3 Å². The summed E-state index contributed by atoms with van der Waals surface area (Å²) in [4.78, 5) is 8.51. The second kappa shape index (κ2) is 5.24. The van der Waals surface area contributed by atoms with Gasteiger partial charge in [-0.1, -0.05) is 25.1 Å². The highest BCUT2D eigenvalue weighted by molar-refractivity contribution is 5.48. The minimum atomic E-state index is 0.296. The molecule has 3 aromatic heterocycles. The van der Waals surface area contributed by atoms with Crippen LogP contribution in [0.15, 0.2) is 35.1 Å². The lowest BCUT2D eigenvalue weighted by molar-refractivity contribution is 0.372. The van der Waals surface area contributed by atoms with E-state index < -0.39 is 0 Å². The van der Waals surface area contributed by atoms with Crippen molar-refractivity contribution in [3.63, 3.8) is 0 Å². The van der Waals surface area contributed by atoms with E-state index in [4.69, 9.17) is 4.52 Å². The molecule has 6 heteroatoms. The van der Waals surface area contributed by atoms with Crippen molar-refractivity contribution < 1.29 is 4.52 Å². The maximum atomic E-state index is 5.25. The summed E-state index contributed by atoms with van der Waals surface area (Å²) in [6.07, 6.45) is 4.23. The van der Waals surface area contributed by atoms with Crippen LogP contribution in [0.1, 0.15) is 36.9 Å². The molecule has 0 radical (unpaired) electrons. The zero-order valence-corrected chi connectivity index (χ0v) is 11.4. The van der Waals surface area contributed by atoms with Crippen LogP contribution in [0.5, 0.6) is 0 Å². The third-order valence-corrected chi connectivity index (χ3v) is 2.95. The van der Waals surface area contributed by atoms with Gasteiger partial charge in [0.2, 0.25) is 5.82 Å². The van der Waals surface area contributed by atoms with Crippen LogP contribution in [0.2, 0.25) is 0 Å². The molecule has 1 N–H and O–H groups in total. The van der Waals surface area contributed by atoms with Gasteiger partial charge in [-0.2, -0.15) is 5.10 Å². The van der Waals surface area contributed by atoms with Gasteiger partial charge in [0.25, 0.3) is 0 Å². The molecule has 0 fully saturated rings. The summed E-state index contributed by atoms with van der Waals surface area (Å²) in [5.74, 6) is 2.46. The number of H-pyrrole nitrogens is 1. The molecule has 0 atom stereocenters. The molecule has 3 rings (SSSR count). The highest BCUT2D eigenvalue weighted by atomic mass is 16.5. The normalized spacial score (nSPS) is 11.2. The van der Waals surface area contributed by atoms with Crippen molar-refractivity contribution in [2.75, 3.05) is 0 Å². The molecular weight excluding hydrogens is 254 g/mol. The standard InChI is InChI=1S/C14H15N5O/c1-9(2)12-7-11(19-20-12)14-16-13(17-18-14)6-10-4-3-5-15-8-10/h3-5,7-9H,6H2,1-2H3,(H,16,17,18). The quantitative estimate of drug-likeness (QED) is 0.787. The van der Waals surface area contributed by atoms with Crippen LogP contribution in [0.3, 0.4) is 0 Å². The number of nitrogens with one attached hydrogen (secondary N) is 1. The van der Waals surface area contributed by atoms with Gasteiger partial charge < -0.3 is 4.52 Å². The van der Waals surface area contributed by atoms with Crippen LogP contribution in [0.25, 0.3) is 11.5 Å². The molecule has 0 saturated heterocycles. The first kappa shape index (κ1) is 12.5. The Kier molecular flexibility index (Phi) is 3.28. The van der Waals surface area contributed by atoms with Gasteiger partial charge in [0.1, 0.15) is 11.6 Å². The first-order valence-corrected chi connectivity index (χ1v) is 6.49. The molecular formula is C14H15N5O. The molecule has 6 nitrogen and oxygen atoms in total. The monoisotopic (exact) mass is 269 g/mol. The number of aromatic amines is 1. The summed E-state index contributed by atoms with van der Waals surface area (Å²) in [5, 5.41) is 11.1. The van der Waals surface area contributed by atoms with Gasteiger partial charge in [0.05, 0.1) is 0 Å². The lowest BCUT2D eigenvalue weighted by Gasteiger charge is -1.94. The Labute approximate surface area is 116 Å². The third kappa shape index (κ3) is 2.59. The predicted octanol–water partition coefficient (Wildman–Crippen LogP) is 2.57. The van der Waals surface area contributed by atoms with Gasteiger partial charge in [-0.3, -0.25) is 10.1 Å². The van der Waals surface area contributed by atoms with Crippen LogP contribution in [-0.4, -0.2) is 25.3 Å². The number of pyridine rings is 1. The Balaban J connectivity index is 1.79. The van der Waals surface area contributed by atoms with E-state index in [1.807, 2.05) is 24.4 Å². The molecule has 0 aliphatic rings. The molecule has 0 spiro atoms. The van der Waals surface area contributed by atoms with E-state index in [0.29, 0.717) is 23.9 Å². The van der Waals surface area contributed by atoms with Gasteiger partial charge >= 0.3 is 0 Å². The molecule has 20 heavy (non-hydrogen) atoms. The minimum Gasteiger partial charge on any atom is -0.360 e. The Morgan fingerprint density at radius 2 is 2.25 bits per heavy atom. The SMILES string of the molecule is CC(C)c1cc(-c2n[nH]c(Cc3cccnc3)n2)no1. The average molecular weight is 269 g/mol. The van der Waals surface area contributed by atoms with Crippen LogP contribution < -0.4 is 0 Å². The van der Waals surface area contributed by atoms with Crippen LogP contribution in [0, 0.1) is 0 Å². The Morgan fingerprint density at radius 1 is 1.35 bits per heavy atom. The fourth-order valence-corrected chi connectivity index (χ4v) is 1.85. The maximum Gasteiger partial charge on any atom is 0.203 e. The number of hydrogen-bond acceptors (Lipinski definition) is 5. The van der Waals surface area contributed by atoms with Gasteiger partial charge in [0, 0.05) is 30.8 Å². The van der Waals surface area contributed by atoms with E-state index in [-0.39, 0.29) is 0 Å². The predicted molar refractivity (Wildman–Crippen MR) is 73.0 cm³/mol. The lowest BCUT2D eigenvalue weighted by atomic mass is 10.1. The highest BCUT2D eigenvalue weighted by Crippen LogP contribution is 2.20. The smallest absolute Gasteiger partial charge is 0.203 e. The molecule has 0 aliphatic carbocycles. The zero-order valence-electron chi connectivity index (χ0n) is 11.4. The van der Waals surface area contributed by atoms with Crippen molar-refractivity contribution in [3.8, 4) is 11.5 Å². The first-order valence-electron chi connectivity index (χ1n) is 6.49. The molecule has 3 aromatic rings. The number of hydrogen-bond donors (Lipinski definition) is 1. The summed E-state index contributed by atoms with van der Waals surface area (Å²) in [6, 6.07) is 5.78. The molecule has 0 aromatic carbocycles. The third-order valence-electron chi connectivity index (χ3n) is 2.95. The van der Waals surface area contributed by atoms with Gasteiger partial charge in [-0.25, -0.2) is 4.98 Å².